The summed E-state index contributed by atoms with van der Waals surface area (Å²) in [5, 5.41) is 8.16. The summed E-state index contributed by atoms with van der Waals surface area (Å²) in [4.78, 5) is 0. The third-order valence-electron chi connectivity index (χ3n) is 3.65. The molecule has 17 heavy (non-hydrogen) atoms. The molecular weight excluding hydrogens is 210 g/mol. The van der Waals surface area contributed by atoms with Crippen molar-refractivity contribution in [3.05, 3.63) is 24.0 Å². The minimum absolute atomic E-state index is 0.384. The van der Waals surface area contributed by atoms with Gasteiger partial charge >= 0.3 is 0 Å². The van der Waals surface area contributed by atoms with Crippen LogP contribution < -0.4 is 0 Å². The van der Waals surface area contributed by atoms with Crippen molar-refractivity contribution in [1.82, 2.24) is 14.8 Å². The van der Waals surface area contributed by atoms with Gasteiger partial charge in [0.15, 0.2) is 0 Å². The summed E-state index contributed by atoms with van der Waals surface area (Å²) in [5.41, 5.74) is 3.91. The van der Waals surface area contributed by atoms with Gasteiger partial charge in [-0.2, -0.15) is 5.10 Å². The smallest absolute Gasteiger partial charge is 0.114 e. The second-order valence-corrected chi connectivity index (χ2v) is 4.53. The Morgan fingerprint density at radius 1 is 1.35 bits per heavy atom. The molecule has 1 aliphatic carbocycles. The average Bonchev–Trinajstić information content (AvgIpc) is 3.13. The first kappa shape index (κ1) is 12.1. The van der Waals surface area contributed by atoms with Gasteiger partial charge in [0.05, 0.1) is 11.7 Å². The first-order valence-corrected chi connectivity index (χ1v) is 6.57. The molecule has 2 aromatic heterocycles. The predicted molar refractivity (Wildman–Crippen MR) is 71.1 cm³/mol. The van der Waals surface area contributed by atoms with E-state index in [0.717, 1.165) is 5.52 Å². The van der Waals surface area contributed by atoms with Gasteiger partial charge in [-0.05, 0) is 37.8 Å². The van der Waals surface area contributed by atoms with Crippen LogP contribution >= 0.6 is 0 Å². The topological polar surface area (TPSA) is 30.7 Å². The van der Waals surface area contributed by atoms with E-state index < -0.39 is 0 Å². The van der Waals surface area contributed by atoms with Crippen LogP contribution in [-0.4, -0.2) is 14.8 Å². The van der Waals surface area contributed by atoms with Crippen LogP contribution in [0.2, 0.25) is 0 Å². The van der Waals surface area contributed by atoms with Crippen molar-refractivity contribution in [2.45, 2.75) is 52.5 Å². The summed E-state index contributed by atoms with van der Waals surface area (Å²) in [6, 6.07) is 2.07. The highest BCUT2D eigenvalue weighted by molar-refractivity contribution is 5.79. The van der Waals surface area contributed by atoms with Crippen LogP contribution in [0.5, 0.6) is 0 Å². The first-order valence-electron chi connectivity index (χ1n) is 6.57. The number of hydrogen-bond donors (Lipinski definition) is 0. The van der Waals surface area contributed by atoms with Crippen molar-refractivity contribution in [2.75, 3.05) is 0 Å². The third kappa shape index (κ3) is 1.84. The lowest BCUT2D eigenvalue weighted by Crippen LogP contribution is -2.14. The van der Waals surface area contributed by atoms with Gasteiger partial charge in [0.1, 0.15) is 5.52 Å². The van der Waals surface area contributed by atoms with E-state index in [-0.39, 0.29) is 0 Å². The summed E-state index contributed by atoms with van der Waals surface area (Å²) in [5.74, 6) is 0. The van der Waals surface area contributed by atoms with Gasteiger partial charge in [0, 0.05) is 11.7 Å². The van der Waals surface area contributed by atoms with Crippen LogP contribution in [0, 0.1) is 6.92 Å². The molecule has 1 fully saturated rings. The molecule has 0 amide bonds. The Morgan fingerprint density at radius 2 is 2.06 bits per heavy atom. The van der Waals surface area contributed by atoms with Crippen molar-refractivity contribution >= 4 is 11.0 Å². The molecule has 0 unspecified atom stereocenters. The molecule has 0 aromatic carbocycles. The van der Waals surface area contributed by atoms with Gasteiger partial charge in [-0.15, -0.1) is 5.10 Å². The Kier molecular flexibility index (Phi) is 3.18. The summed E-state index contributed by atoms with van der Waals surface area (Å²) >= 11 is 0. The van der Waals surface area contributed by atoms with E-state index in [1.807, 2.05) is 13.8 Å². The Hall–Kier alpha value is -1.38. The van der Waals surface area contributed by atoms with E-state index in [9.17, 15) is 0 Å². The molecule has 0 atom stereocenters. The predicted octanol–water partition coefficient (Wildman–Crippen LogP) is 3.67. The van der Waals surface area contributed by atoms with Crippen LogP contribution in [0.1, 0.15) is 45.6 Å². The Balaban J connectivity index is 0.000000514. The molecule has 0 saturated heterocycles. The molecule has 1 aliphatic rings. The molecular formula is C14H21N3. The summed E-state index contributed by atoms with van der Waals surface area (Å²) in [7, 11) is 0. The van der Waals surface area contributed by atoms with E-state index in [1.165, 1.54) is 30.3 Å². The van der Waals surface area contributed by atoms with Gasteiger partial charge in [-0.1, -0.05) is 20.8 Å². The highest BCUT2D eigenvalue weighted by atomic mass is 15.1. The number of hydrogen-bond acceptors (Lipinski definition) is 2. The molecule has 2 heterocycles. The normalized spacial score (nSPS) is 16.5. The Morgan fingerprint density at radius 3 is 2.65 bits per heavy atom. The fraction of sp³-hybridized carbons (Fsp3) is 0.571. The maximum absolute atomic E-state index is 4.21. The van der Waals surface area contributed by atoms with E-state index in [1.54, 1.807) is 6.20 Å². The molecule has 0 aliphatic heterocycles. The monoisotopic (exact) mass is 231 g/mol. The fourth-order valence-corrected chi connectivity index (χ4v) is 2.43. The zero-order chi connectivity index (χ0) is 12.5. The van der Waals surface area contributed by atoms with Crippen molar-refractivity contribution in [1.29, 1.82) is 0 Å². The zero-order valence-corrected chi connectivity index (χ0v) is 11.2. The molecule has 0 radical (unpaired) electrons. The molecule has 0 N–H and O–H groups in total. The molecule has 0 bridgehead atoms. The number of fused-ring (bicyclic) bond motifs is 1. The number of rotatable bonds is 2. The molecule has 92 valence electrons. The molecule has 1 saturated carbocycles. The standard InChI is InChI=1S/C12H15N3.C2H6/c1-3-12(5-6-12)15-8-9(2)11-10(15)4-7-13-14-11;1-2/h4,7-8H,3,5-6H2,1-2H3;1-2H3. The number of aryl methyl sites for hydroxylation is 1. The zero-order valence-electron chi connectivity index (χ0n) is 11.2. The lowest BCUT2D eigenvalue weighted by molar-refractivity contribution is 0.480. The molecule has 3 heteroatoms. The van der Waals surface area contributed by atoms with Gasteiger partial charge in [0.25, 0.3) is 0 Å². The lowest BCUT2D eigenvalue weighted by Gasteiger charge is -2.16. The van der Waals surface area contributed by atoms with Crippen LogP contribution in [0.25, 0.3) is 11.0 Å². The van der Waals surface area contributed by atoms with Gasteiger partial charge in [0.2, 0.25) is 0 Å². The molecule has 0 spiro atoms. The fourth-order valence-electron chi connectivity index (χ4n) is 2.43. The largest absolute Gasteiger partial charge is 0.340 e. The SMILES string of the molecule is CC.CCC1(n2cc(C)c3nnccc32)CC1. The van der Waals surface area contributed by atoms with Crippen molar-refractivity contribution in [3.63, 3.8) is 0 Å². The van der Waals surface area contributed by atoms with Crippen molar-refractivity contribution < 1.29 is 0 Å². The minimum Gasteiger partial charge on any atom is -0.340 e. The number of aromatic nitrogens is 3. The van der Waals surface area contributed by atoms with E-state index in [4.69, 9.17) is 0 Å². The maximum Gasteiger partial charge on any atom is 0.114 e. The van der Waals surface area contributed by atoms with Crippen molar-refractivity contribution in [2.24, 2.45) is 0 Å². The summed E-state index contributed by atoms with van der Waals surface area (Å²) < 4.78 is 2.41. The third-order valence-corrected chi connectivity index (χ3v) is 3.65. The van der Waals surface area contributed by atoms with Gasteiger partial charge < -0.3 is 4.57 Å². The van der Waals surface area contributed by atoms with E-state index in [0.29, 0.717) is 5.54 Å². The van der Waals surface area contributed by atoms with Gasteiger partial charge in [-0.25, -0.2) is 0 Å². The summed E-state index contributed by atoms with van der Waals surface area (Å²) in [6.45, 7) is 8.38. The minimum atomic E-state index is 0.384. The maximum atomic E-state index is 4.21. The Labute approximate surface area is 103 Å². The first-order chi connectivity index (χ1) is 8.27. The van der Waals surface area contributed by atoms with Crippen LogP contribution in [-0.2, 0) is 5.54 Å². The second-order valence-electron chi connectivity index (χ2n) is 4.53. The highest BCUT2D eigenvalue weighted by Gasteiger charge is 2.43. The number of nitrogens with zero attached hydrogens (tertiary/aromatic N) is 3. The summed E-state index contributed by atoms with van der Waals surface area (Å²) in [6.07, 6.45) is 7.82. The second kappa shape index (κ2) is 4.47. The van der Waals surface area contributed by atoms with E-state index in [2.05, 4.69) is 40.9 Å². The van der Waals surface area contributed by atoms with Crippen molar-refractivity contribution in [3.8, 4) is 0 Å². The average molecular weight is 231 g/mol. The molecule has 3 nitrogen and oxygen atoms in total. The van der Waals surface area contributed by atoms with Crippen LogP contribution in [0.4, 0.5) is 0 Å². The molecule has 3 rings (SSSR count). The molecule has 2 aromatic rings. The van der Waals surface area contributed by atoms with Gasteiger partial charge in [-0.3, -0.25) is 0 Å². The lowest BCUT2D eigenvalue weighted by atomic mass is 10.2. The van der Waals surface area contributed by atoms with Crippen LogP contribution in [0.3, 0.4) is 0 Å². The quantitative estimate of drug-likeness (QED) is 0.789. The van der Waals surface area contributed by atoms with E-state index >= 15 is 0 Å². The Bertz CT molecular complexity index is 509. The van der Waals surface area contributed by atoms with Crippen LogP contribution in [0.15, 0.2) is 18.5 Å². The highest BCUT2D eigenvalue weighted by Crippen LogP contribution is 2.48.